The Hall–Kier alpha value is -1.27. The molecule has 0 bridgehead atoms. The third-order valence-electron chi connectivity index (χ3n) is 2.84. The maximum absolute atomic E-state index is 11.8. The average molecular weight is 253 g/mol. The minimum Gasteiger partial charge on any atom is -0.301 e. The molecule has 2 rings (SSSR count). The molecule has 0 saturated carbocycles. The Balaban J connectivity index is 1.91. The minimum absolute atomic E-state index is 0.0957. The molecule has 0 aromatic carbocycles. The Morgan fingerprint density at radius 2 is 2.35 bits per heavy atom. The molecule has 0 spiro atoms. The zero-order valence-electron chi connectivity index (χ0n) is 9.90. The number of nitrogens with one attached hydrogen (secondary N) is 1. The van der Waals surface area contributed by atoms with Crippen molar-refractivity contribution in [3.63, 3.8) is 0 Å². The van der Waals surface area contributed by atoms with Crippen molar-refractivity contribution >= 4 is 23.2 Å². The molecule has 1 fully saturated rings. The van der Waals surface area contributed by atoms with Gasteiger partial charge in [0, 0.05) is 31.1 Å². The van der Waals surface area contributed by atoms with E-state index in [0.717, 1.165) is 9.88 Å². The van der Waals surface area contributed by atoms with Crippen LogP contribution < -0.4 is 5.32 Å². The van der Waals surface area contributed by atoms with Crippen molar-refractivity contribution in [1.82, 2.24) is 15.2 Å². The van der Waals surface area contributed by atoms with E-state index in [1.54, 1.807) is 11.3 Å². The molecule has 1 aliphatic rings. The van der Waals surface area contributed by atoms with E-state index in [1.807, 2.05) is 13.1 Å². The van der Waals surface area contributed by atoms with Gasteiger partial charge in [-0.05, 0) is 13.3 Å². The summed E-state index contributed by atoms with van der Waals surface area (Å²) in [7, 11) is 1.54. The molecule has 1 saturated heterocycles. The van der Waals surface area contributed by atoms with Crippen LogP contribution in [0, 0.1) is 6.92 Å². The highest BCUT2D eigenvalue weighted by Gasteiger charge is 2.31. The Morgan fingerprint density at radius 3 is 3.00 bits per heavy atom. The van der Waals surface area contributed by atoms with Crippen LogP contribution in [0.5, 0.6) is 0 Å². The van der Waals surface area contributed by atoms with Crippen LogP contribution in [0.25, 0.3) is 0 Å². The van der Waals surface area contributed by atoms with E-state index >= 15 is 0 Å². The molecule has 5 nitrogen and oxygen atoms in total. The summed E-state index contributed by atoms with van der Waals surface area (Å²) < 4.78 is 0. The SMILES string of the molecule is Cc1ncc(CNC2CCC(=O)N(C)C2=O)s1. The van der Waals surface area contributed by atoms with Gasteiger partial charge in [0.25, 0.3) is 0 Å². The molecule has 1 atom stereocenters. The van der Waals surface area contributed by atoms with Crippen molar-refractivity contribution < 1.29 is 9.59 Å². The number of likely N-dealkylation sites (tertiary alicyclic amines) is 1. The zero-order chi connectivity index (χ0) is 12.4. The second-order valence-corrected chi connectivity index (χ2v) is 5.43. The van der Waals surface area contributed by atoms with Crippen molar-refractivity contribution in [2.24, 2.45) is 0 Å². The van der Waals surface area contributed by atoms with E-state index in [1.165, 1.54) is 11.9 Å². The second-order valence-electron chi connectivity index (χ2n) is 4.11. The number of rotatable bonds is 3. The van der Waals surface area contributed by atoms with Gasteiger partial charge in [0.05, 0.1) is 11.0 Å². The van der Waals surface area contributed by atoms with Crippen molar-refractivity contribution in [1.29, 1.82) is 0 Å². The zero-order valence-corrected chi connectivity index (χ0v) is 10.7. The van der Waals surface area contributed by atoms with Crippen LogP contribution in [0.1, 0.15) is 22.7 Å². The summed E-state index contributed by atoms with van der Waals surface area (Å²) in [6.07, 6.45) is 2.83. The second kappa shape index (κ2) is 4.93. The first-order valence-electron chi connectivity index (χ1n) is 5.53. The van der Waals surface area contributed by atoms with Crippen molar-refractivity contribution in [3.05, 3.63) is 16.1 Å². The number of aromatic nitrogens is 1. The fraction of sp³-hybridized carbons (Fsp3) is 0.545. The van der Waals surface area contributed by atoms with E-state index in [2.05, 4.69) is 10.3 Å². The van der Waals surface area contributed by atoms with Gasteiger partial charge in [-0.3, -0.25) is 14.5 Å². The first kappa shape index (κ1) is 12.2. The number of nitrogens with zero attached hydrogens (tertiary/aromatic N) is 2. The Kier molecular flexibility index (Phi) is 3.54. The highest BCUT2D eigenvalue weighted by molar-refractivity contribution is 7.11. The van der Waals surface area contributed by atoms with Crippen LogP contribution in [-0.4, -0.2) is 34.8 Å². The first-order chi connectivity index (χ1) is 8.08. The molecule has 92 valence electrons. The van der Waals surface area contributed by atoms with E-state index in [-0.39, 0.29) is 17.9 Å². The van der Waals surface area contributed by atoms with Gasteiger partial charge in [-0.1, -0.05) is 0 Å². The van der Waals surface area contributed by atoms with Crippen LogP contribution >= 0.6 is 11.3 Å². The van der Waals surface area contributed by atoms with Gasteiger partial charge in [0.2, 0.25) is 11.8 Å². The third kappa shape index (κ3) is 2.70. The van der Waals surface area contributed by atoms with Crippen LogP contribution in [0.3, 0.4) is 0 Å². The molecule has 2 amide bonds. The number of imide groups is 1. The summed E-state index contributed by atoms with van der Waals surface area (Å²) in [6.45, 7) is 2.58. The number of aryl methyl sites for hydroxylation is 1. The molecule has 2 heterocycles. The summed E-state index contributed by atoms with van der Waals surface area (Å²) >= 11 is 1.61. The molecule has 1 unspecified atom stereocenters. The predicted octanol–water partition coefficient (Wildman–Crippen LogP) is 0.689. The van der Waals surface area contributed by atoms with Crippen LogP contribution in [0.15, 0.2) is 6.20 Å². The lowest BCUT2D eigenvalue weighted by Crippen LogP contribution is -2.51. The number of amides is 2. The Morgan fingerprint density at radius 1 is 1.59 bits per heavy atom. The van der Waals surface area contributed by atoms with E-state index in [0.29, 0.717) is 19.4 Å². The first-order valence-corrected chi connectivity index (χ1v) is 6.34. The van der Waals surface area contributed by atoms with Gasteiger partial charge in [-0.25, -0.2) is 4.98 Å². The van der Waals surface area contributed by atoms with Gasteiger partial charge in [0.15, 0.2) is 0 Å². The number of carbonyl (C=O) groups excluding carboxylic acids is 2. The maximum atomic E-state index is 11.8. The number of hydrogen-bond acceptors (Lipinski definition) is 5. The smallest absolute Gasteiger partial charge is 0.246 e. The number of hydrogen-bond donors (Lipinski definition) is 1. The minimum atomic E-state index is -0.250. The average Bonchev–Trinajstić information content (AvgIpc) is 2.71. The lowest BCUT2D eigenvalue weighted by molar-refractivity contribution is -0.148. The summed E-state index contributed by atoms with van der Waals surface area (Å²) in [5, 5.41) is 4.20. The molecule has 17 heavy (non-hydrogen) atoms. The van der Waals surface area contributed by atoms with Crippen LogP contribution in [-0.2, 0) is 16.1 Å². The number of piperidine rings is 1. The molecule has 0 radical (unpaired) electrons. The normalized spacial score (nSPS) is 21.1. The largest absolute Gasteiger partial charge is 0.301 e. The monoisotopic (exact) mass is 253 g/mol. The molecular formula is C11H15N3O2S. The Labute approximate surface area is 104 Å². The molecule has 1 N–H and O–H groups in total. The molecule has 1 aromatic heterocycles. The quantitative estimate of drug-likeness (QED) is 0.805. The van der Waals surface area contributed by atoms with Crippen molar-refractivity contribution in [2.75, 3.05) is 7.05 Å². The maximum Gasteiger partial charge on any atom is 0.246 e. The summed E-state index contributed by atoms with van der Waals surface area (Å²) in [5.74, 6) is -0.232. The van der Waals surface area contributed by atoms with Crippen molar-refractivity contribution in [2.45, 2.75) is 32.4 Å². The van der Waals surface area contributed by atoms with Crippen LogP contribution in [0.4, 0.5) is 0 Å². The molecule has 0 aliphatic carbocycles. The third-order valence-corrected chi connectivity index (χ3v) is 3.75. The molecule has 6 heteroatoms. The van der Waals surface area contributed by atoms with Gasteiger partial charge in [-0.2, -0.15) is 0 Å². The highest BCUT2D eigenvalue weighted by atomic mass is 32.1. The van der Waals surface area contributed by atoms with Gasteiger partial charge >= 0.3 is 0 Å². The van der Waals surface area contributed by atoms with Crippen molar-refractivity contribution in [3.8, 4) is 0 Å². The lowest BCUT2D eigenvalue weighted by atomic mass is 10.0. The van der Waals surface area contributed by atoms with E-state index in [9.17, 15) is 9.59 Å². The molecule has 1 aromatic rings. The van der Waals surface area contributed by atoms with Crippen LogP contribution in [0.2, 0.25) is 0 Å². The van der Waals surface area contributed by atoms with Gasteiger partial charge in [-0.15, -0.1) is 11.3 Å². The van der Waals surface area contributed by atoms with Gasteiger partial charge < -0.3 is 5.32 Å². The van der Waals surface area contributed by atoms with E-state index < -0.39 is 0 Å². The predicted molar refractivity (Wildman–Crippen MR) is 64.5 cm³/mol. The summed E-state index contributed by atoms with van der Waals surface area (Å²) in [6, 6.07) is -0.250. The molecular weight excluding hydrogens is 238 g/mol. The Bertz CT molecular complexity index is 444. The standard InChI is InChI=1S/C11H15N3O2S/c1-7-12-5-8(17-7)6-13-9-3-4-10(15)14(2)11(9)16/h5,9,13H,3-4,6H2,1-2H3. The fourth-order valence-electron chi connectivity index (χ4n) is 1.82. The number of thiazole rings is 1. The fourth-order valence-corrected chi connectivity index (χ4v) is 2.56. The molecule has 1 aliphatic heterocycles. The van der Waals surface area contributed by atoms with Gasteiger partial charge in [0.1, 0.15) is 0 Å². The summed E-state index contributed by atoms with van der Waals surface area (Å²) in [5.41, 5.74) is 0. The highest BCUT2D eigenvalue weighted by Crippen LogP contribution is 2.14. The topological polar surface area (TPSA) is 62.3 Å². The van der Waals surface area contributed by atoms with E-state index in [4.69, 9.17) is 0 Å². The summed E-state index contributed by atoms with van der Waals surface area (Å²) in [4.78, 5) is 29.6. The number of likely N-dealkylation sites (N-methyl/N-ethyl adjacent to an activating group) is 1. The lowest BCUT2D eigenvalue weighted by Gasteiger charge is -2.28. The number of carbonyl (C=O) groups is 2.